The first-order valence-corrected chi connectivity index (χ1v) is 40.4. The number of rotatable bonds is 13. The van der Waals surface area contributed by atoms with Gasteiger partial charge in [0.1, 0.15) is 34.0 Å². The fourth-order valence-corrected chi connectivity index (χ4v) is 16.7. The van der Waals surface area contributed by atoms with E-state index >= 15 is 0 Å². The van der Waals surface area contributed by atoms with Crippen molar-refractivity contribution in [3.63, 3.8) is 0 Å². The summed E-state index contributed by atoms with van der Waals surface area (Å²) in [5, 5.41) is 5.14. The zero-order valence-electron chi connectivity index (χ0n) is 67.6. The summed E-state index contributed by atoms with van der Waals surface area (Å²) < 4.78 is 66.1. The molecule has 0 saturated heterocycles. The first-order chi connectivity index (χ1) is 60.1. The van der Waals surface area contributed by atoms with Crippen LogP contribution in [0.15, 0.2) is 352 Å². The number of hydrogen-bond acceptors (Lipinski definition) is 8. The summed E-state index contributed by atoms with van der Waals surface area (Å²) in [6.45, 7) is 10.1. The van der Waals surface area contributed by atoms with Crippen LogP contribution in [0.5, 0.6) is 0 Å². The van der Waals surface area contributed by atoms with Gasteiger partial charge in [-0.25, -0.2) is 29.9 Å². The first-order valence-electron chi connectivity index (χ1n) is 40.4. The maximum atomic E-state index is 14.2. The quantitative estimate of drug-likeness (QED) is 0.0825. The molecule has 0 aliphatic heterocycles. The molecule has 0 amide bonds. The van der Waals surface area contributed by atoms with Crippen LogP contribution in [-0.4, -0.2) is 62.7 Å². The summed E-state index contributed by atoms with van der Waals surface area (Å²) in [5.74, 6) is -0.680. The van der Waals surface area contributed by atoms with Gasteiger partial charge in [0.05, 0.1) is 39.1 Å². The van der Waals surface area contributed by atoms with E-state index in [2.05, 4.69) is 302 Å². The smallest absolute Gasteiger partial charge is 0.309 e. The van der Waals surface area contributed by atoms with Crippen molar-refractivity contribution in [3.05, 3.63) is 416 Å². The third kappa shape index (κ3) is 14.3. The Bertz CT molecular complexity index is 7160. The molecule has 0 N–H and O–H groups in total. The van der Waals surface area contributed by atoms with Crippen molar-refractivity contribution in [1.82, 2.24) is 62.7 Å². The largest absolute Gasteiger partial charge is 2.00 e. The Morgan fingerprint density at radius 3 is 0.911 bits per heavy atom. The number of imidazole rings is 3. The van der Waals surface area contributed by atoms with Gasteiger partial charge in [0.15, 0.2) is 16.9 Å². The van der Waals surface area contributed by atoms with Gasteiger partial charge < -0.3 is 19.1 Å². The van der Waals surface area contributed by atoms with Crippen LogP contribution in [-0.2, 0) is 26.5 Å². The number of aryl methyl sites for hydroxylation is 3. The van der Waals surface area contributed by atoms with Crippen LogP contribution in [0.1, 0.15) is 41.9 Å². The molecule has 13 nitrogen and oxygen atoms in total. The van der Waals surface area contributed by atoms with Crippen LogP contribution in [0.4, 0.5) is 17.6 Å². The molecule has 124 heavy (non-hydrogen) atoms. The zero-order valence-corrected chi connectivity index (χ0v) is 69.9. The van der Waals surface area contributed by atoms with E-state index in [0.29, 0.717) is 22.8 Å². The standard InChI is InChI=1S/C45H33N9.C36H24N2.C25H16F4N2.Pt/c1-28-13-4-7-19-37(28)52-40(49-34-16-10-22-46-43(34)52)31-25-32(41-50-35-17-11-23-47-44(35)53(41)38-20-8-5-14-29(38)2)27-33(26-31)42-51-36-18-12-24-48-45(36)54(42)39-21-9-6-15-30(39)3;1-5-13-33-29(9-1)30-10-2-6-14-34(30)37(33)27-21-17-25(18-22-27)26-19-23-28(24-20-26)38-35-15-7-3-11-31(35)32-12-4-8-16-36(32)38;1-25(2,23-7-3-5-21(30-23)17-11-9-15(26)13-19(17)28)24-8-4-6-22(31-24)18-12-10-16(27)14-20(18)29;/h4-27H,1-3H3;1-24H;3-10,13-14H,1-2H3;/q;;-2;+2. The summed E-state index contributed by atoms with van der Waals surface area (Å²) in [6, 6.07) is 115. The molecule has 0 radical (unpaired) electrons. The average Bonchev–Trinajstić information content (AvgIpc) is 1.60. The molecule has 0 aliphatic rings. The van der Waals surface area contributed by atoms with E-state index in [0.717, 1.165) is 126 Å². The maximum Gasteiger partial charge on any atom is 2.00 e. The summed E-state index contributed by atoms with van der Waals surface area (Å²) >= 11 is 0. The van der Waals surface area contributed by atoms with Crippen molar-refractivity contribution in [2.75, 3.05) is 0 Å². The molecule has 22 aromatic rings. The van der Waals surface area contributed by atoms with Crippen LogP contribution in [0, 0.1) is 56.2 Å². The number of aromatic nitrogens is 13. The number of hydrogen-bond donors (Lipinski definition) is 0. The molecule has 10 aromatic heterocycles. The van der Waals surface area contributed by atoms with Gasteiger partial charge in [-0.15, -0.1) is 24.3 Å². The van der Waals surface area contributed by atoms with Gasteiger partial charge in [0.25, 0.3) is 0 Å². The van der Waals surface area contributed by atoms with Crippen molar-refractivity contribution < 1.29 is 38.6 Å². The fourth-order valence-electron chi connectivity index (χ4n) is 16.7. The Morgan fingerprint density at radius 2 is 0.597 bits per heavy atom. The van der Waals surface area contributed by atoms with Gasteiger partial charge in [-0.05, 0) is 207 Å². The van der Waals surface area contributed by atoms with E-state index in [4.69, 9.17) is 29.9 Å². The van der Waals surface area contributed by atoms with Crippen LogP contribution < -0.4 is 0 Å². The van der Waals surface area contributed by atoms with Gasteiger partial charge in [-0.1, -0.05) is 199 Å². The third-order valence-electron chi connectivity index (χ3n) is 22.8. The predicted octanol–water partition coefficient (Wildman–Crippen LogP) is 25.7. The maximum absolute atomic E-state index is 14.2. The number of halogens is 4. The van der Waals surface area contributed by atoms with E-state index in [1.807, 2.05) is 68.8 Å². The van der Waals surface area contributed by atoms with Crippen molar-refractivity contribution in [2.24, 2.45) is 0 Å². The summed E-state index contributed by atoms with van der Waals surface area (Å²) in [5.41, 5.74) is 24.6. The molecule has 0 aliphatic carbocycles. The van der Waals surface area contributed by atoms with E-state index in [-0.39, 0.29) is 32.2 Å². The molecule has 0 atom stereocenters. The normalized spacial score (nSPS) is 11.5. The number of pyridine rings is 5. The SMILES string of the molecule is CC(C)(c1cccc(-c2[c-]cc(F)cc2F)n1)c1cccc(-c2[c-]cc(F)cc2F)n1.Cc1ccccc1-n1c(-c2cc(-c3nc4cccnc4n3-c3ccccc3C)cc(-c3nc4cccnc4n3-c3ccccc3C)c2)nc2cccnc21.[Pt+2].c1ccc2c(c1)c1ccccc1n2-c1ccc(-c2ccc(-n3c4ccccc4c4ccccc43)cc2)cc1. The molecular weight excluding hydrogens is 1730 g/mol. The molecule has 12 aromatic carbocycles. The zero-order chi connectivity index (χ0) is 83.6. The van der Waals surface area contributed by atoms with Gasteiger partial charge in [-0.3, -0.25) is 31.3 Å². The van der Waals surface area contributed by atoms with Crippen molar-refractivity contribution in [2.45, 2.75) is 40.0 Å². The van der Waals surface area contributed by atoms with E-state index < -0.39 is 28.7 Å². The van der Waals surface area contributed by atoms with Crippen LogP contribution in [0.25, 0.3) is 173 Å². The summed E-state index contributed by atoms with van der Waals surface area (Å²) in [6.07, 6.45) is 5.46. The topological polar surface area (TPSA) is 128 Å². The van der Waals surface area contributed by atoms with Gasteiger partial charge >= 0.3 is 21.1 Å². The number of benzene rings is 12. The molecule has 0 unspecified atom stereocenters. The average molecular weight is 1800 g/mol. The Hall–Kier alpha value is -15.2. The van der Waals surface area contributed by atoms with Crippen molar-refractivity contribution >= 4 is 77.1 Å². The Kier molecular flexibility index (Phi) is 20.8. The Balaban J connectivity index is 0.000000127. The van der Waals surface area contributed by atoms with E-state index in [1.165, 1.54) is 66.1 Å². The van der Waals surface area contributed by atoms with Crippen molar-refractivity contribution in [1.29, 1.82) is 0 Å². The van der Waals surface area contributed by atoms with Crippen LogP contribution >= 0.6 is 0 Å². The molecule has 10 heterocycles. The second-order valence-corrected chi connectivity index (χ2v) is 30.9. The number of para-hydroxylation sites is 7. The Morgan fingerprint density at radius 1 is 0.290 bits per heavy atom. The second kappa shape index (κ2) is 32.7. The predicted molar refractivity (Wildman–Crippen MR) is 484 cm³/mol. The van der Waals surface area contributed by atoms with Crippen LogP contribution in [0.2, 0.25) is 0 Å². The van der Waals surface area contributed by atoms with Crippen LogP contribution in [0.3, 0.4) is 0 Å². The van der Waals surface area contributed by atoms with Gasteiger partial charge in [-0.2, -0.15) is 0 Å². The monoisotopic (exact) mass is 1800 g/mol. The molecule has 0 spiro atoms. The molecule has 18 heteroatoms. The Labute approximate surface area is 725 Å². The first kappa shape index (κ1) is 78.6. The van der Waals surface area contributed by atoms with Gasteiger partial charge in [0, 0.05) is 108 Å². The second-order valence-electron chi connectivity index (χ2n) is 30.9. The van der Waals surface area contributed by atoms with E-state index in [9.17, 15) is 17.6 Å². The fraction of sp³-hybridized carbons (Fsp3) is 0.0566. The molecule has 600 valence electrons. The van der Waals surface area contributed by atoms with Gasteiger partial charge in [0.2, 0.25) is 0 Å². The minimum absolute atomic E-state index is 0. The van der Waals surface area contributed by atoms with Crippen molar-refractivity contribution in [3.8, 4) is 96.2 Å². The minimum Gasteiger partial charge on any atom is -0.309 e. The molecule has 0 bridgehead atoms. The minimum atomic E-state index is -0.759. The number of nitrogens with zero attached hydrogens (tertiary/aromatic N) is 13. The third-order valence-corrected chi connectivity index (χ3v) is 22.8. The molecular formula is C106H73F4N13Pt. The molecule has 22 rings (SSSR count). The van der Waals surface area contributed by atoms with E-state index in [1.54, 1.807) is 36.4 Å². The molecule has 0 saturated carbocycles. The number of fused-ring (bicyclic) bond motifs is 9. The summed E-state index contributed by atoms with van der Waals surface area (Å²) in [4.78, 5) is 39.4. The molecule has 0 fully saturated rings. The summed E-state index contributed by atoms with van der Waals surface area (Å²) in [7, 11) is 0.